The Labute approximate surface area is 83.8 Å². The van der Waals surface area contributed by atoms with Crippen LogP contribution in [0.4, 0.5) is 11.4 Å². The fourth-order valence-electron chi connectivity index (χ4n) is 0.731. The van der Waals surface area contributed by atoms with Gasteiger partial charge in [-0.05, 0) is 22.9 Å². The summed E-state index contributed by atoms with van der Waals surface area (Å²) >= 11 is 8.96. The first-order valence-corrected chi connectivity index (χ1v) is 4.42. The van der Waals surface area contributed by atoms with Gasteiger partial charge in [-0.3, -0.25) is 4.99 Å². The van der Waals surface area contributed by atoms with E-state index in [1.165, 1.54) is 0 Å². The van der Waals surface area contributed by atoms with Crippen molar-refractivity contribution in [3.05, 3.63) is 15.8 Å². The number of pyridine rings is 1. The van der Waals surface area contributed by atoms with Gasteiger partial charge in [0.05, 0.1) is 10.2 Å². The number of hydrogen-bond acceptors (Lipinski definition) is 3. The lowest BCUT2D eigenvalue weighted by atomic mass is 10.3. The number of aliphatic imine (C=N–C) groups is 1. The predicted molar refractivity (Wildman–Crippen MR) is 55.2 cm³/mol. The van der Waals surface area contributed by atoms with Gasteiger partial charge in [0, 0.05) is 12.4 Å². The third kappa shape index (κ3) is 1.76. The fourth-order valence-corrected chi connectivity index (χ4v) is 1.29. The number of aromatic nitrogens is 1. The summed E-state index contributed by atoms with van der Waals surface area (Å²) in [6.07, 6.45) is 3.22. The molecule has 0 aromatic carbocycles. The molecule has 0 aliphatic carbocycles. The molecule has 0 aliphatic heterocycles. The van der Waals surface area contributed by atoms with E-state index in [1.807, 2.05) is 0 Å². The Balaban J connectivity index is 3.32. The van der Waals surface area contributed by atoms with Gasteiger partial charge < -0.3 is 5.73 Å². The van der Waals surface area contributed by atoms with E-state index >= 15 is 0 Å². The molecule has 12 heavy (non-hydrogen) atoms. The van der Waals surface area contributed by atoms with Crippen molar-refractivity contribution < 1.29 is 0 Å². The highest BCUT2D eigenvalue weighted by Gasteiger charge is 2.06. The fraction of sp³-hybridized carbons (Fsp3) is 0.143. The maximum atomic E-state index is 5.69. The summed E-state index contributed by atoms with van der Waals surface area (Å²) in [5.74, 6) is 0. The predicted octanol–water partition coefficient (Wildman–Crippen LogP) is 2.80. The van der Waals surface area contributed by atoms with E-state index in [4.69, 9.17) is 17.3 Å². The maximum Gasteiger partial charge on any atom is 0.154 e. The monoisotopic (exact) mass is 247 g/mol. The van der Waals surface area contributed by atoms with Gasteiger partial charge in [0.15, 0.2) is 5.15 Å². The van der Waals surface area contributed by atoms with Crippen molar-refractivity contribution in [1.29, 1.82) is 0 Å². The van der Waals surface area contributed by atoms with Crippen molar-refractivity contribution in [2.24, 2.45) is 4.99 Å². The van der Waals surface area contributed by atoms with E-state index in [1.54, 1.807) is 19.3 Å². The minimum atomic E-state index is 0.277. The first-order chi connectivity index (χ1) is 5.66. The average Bonchev–Trinajstić information content (AvgIpc) is 2.06. The van der Waals surface area contributed by atoms with Crippen LogP contribution in [0.1, 0.15) is 6.92 Å². The third-order valence-electron chi connectivity index (χ3n) is 1.25. The summed E-state index contributed by atoms with van der Waals surface area (Å²) < 4.78 is 0.738. The molecule has 0 saturated carbocycles. The van der Waals surface area contributed by atoms with Gasteiger partial charge in [0.25, 0.3) is 0 Å². The summed E-state index contributed by atoms with van der Waals surface area (Å²) in [6, 6.07) is 0. The summed E-state index contributed by atoms with van der Waals surface area (Å²) in [5, 5.41) is 0.277. The Bertz CT molecular complexity index is 325. The van der Waals surface area contributed by atoms with E-state index in [2.05, 4.69) is 25.9 Å². The van der Waals surface area contributed by atoms with E-state index in [9.17, 15) is 0 Å². The van der Waals surface area contributed by atoms with Gasteiger partial charge in [0.1, 0.15) is 5.69 Å². The van der Waals surface area contributed by atoms with Crippen LogP contribution in [0.25, 0.3) is 0 Å². The van der Waals surface area contributed by atoms with E-state index in [-0.39, 0.29) is 5.15 Å². The molecule has 0 bridgehead atoms. The van der Waals surface area contributed by atoms with Crippen LogP contribution in [-0.4, -0.2) is 11.2 Å². The lowest BCUT2D eigenvalue weighted by Gasteiger charge is -2.02. The lowest BCUT2D eigenvalue weighted by Crippen LogP contribution is -1.90. The zero-order valence-corrected chi connectivity index (χ0v) is 8.72. The Kier molecular flexibility index (Phi) is 3.05. The van der Waals surface area contributed by atoms with Crippen LogP contribution in [0.5, 0.6) is 0 Å². The highest BCUT2D eigenvalue weighted by molar-refractivity contribution is 9.10. The molecule has 0 radical (unpaired) electrons. The van der Waals surface area contributed by atoms with Crippen LogP contribution in [0, 0.1) is 0 Å². The minimum Gasteiger partial charge on any atom is -0.394 e. The molecule has 3 nitrogen and oxygen atoms in total. The molecule has 0 fully saturated rings. The molecule has 0 unspecified atom stereocenters. The van der Waals surface area contributed by atoms with E-state index < -0.39 is 0 Å². The highest BCUT2D eigenvalue weighted by atomic mass is 79.9. The van der Waals surface area contributed by atoms with Crippen molar-refractivity contribution in [3.63, 3.8) is 0 Å². The standard InChI is InChI=1S/C7H7BrClN3/c1-2-11-6-4(8)3-12-7(9)5(6)10/h2-3H,10H2,1H3. The van der Waals surface area contributed by atoms with Gasteiger partial charge in [-0.25, -0.2) is 4.98 Å². The molecule has 1 rings (SSSR count). The van der Waals surface area contributed by atoms with Crippen LogP contribution in [0.3, 0.4) is 0 Å². The van der Waals surface area contributed by atoms with Gasteiger partial charge >= 0.3 is 0 Å². The Morgan fingerprint density at radius 3 is 3.00 bits per heavy atom. The zero-order chi connectivity index (χ0) is 9.14. The molecule has 0 saturated heterocycles. The Hall–Kier alpha value is -0.610. The number of hydrogen-bond donors (Lipinski definition) is 1. The van der Waals surface area contributed by atoms with Crippen molar-refractivity contribution in [1.82, 2.24) is 4.98 Å². The van der Waals surface area contributed by atoms with Gasteiger partial charge in [0.2, 0.25) is 0 Å². The number of nitrogen functional groups attached to an aromatic ring is 1. The summed E-state index contributed by atoms with van der Waals surface area (Å²) in [7, 11) is 0. The SMILES string of the molecule is CC=Nc1c(Br)cnc(Cl)c1N. The highest BCUT2D eigenvalue weighted by Crippen LogP contribution is 2.34. The molecule has 0 amide bonds. The average molecular weight is 249 g/mol. The van der Waals surface area contributed by atoms with Crippen LogP contribution >= 0.6 is 27.5 Å². The molecule has 0 aliphatic rings. The van der Waals surface area contributed by atoms with Crippen LogP contribution < -0.4 is 5.73 Å². The Morgan fingerprint density at radius 2 is 2.42 bits per heavy atom. The molecule has 0 spiro atoms. The lowest BCUT2D eigenvalue weighted by molar-refractivity contribution is 1.30. The number of anilines is 1. The second kappa shape index (κ2) is 3.87. The molecule has 64 valence electrons. The molecule has 2 N–H and O–H groups in total. The number of nitrogens with two attached hydrogens (primary N) is 1. The largest absolute Gasteiger partial charge is 0.394 e. The second-order valence-electron chi connectivity index (χ2n) is 2.05. The Morgan fingerprint density at radius 1 is 1.75 bits per heavy atom. The molecule has 1 aromatic heterocycles. The number of rotatable bonds is 1. The third-order valence-corrected chi connectivity index (χ3v) is 2.13. The smallest absolute Gasteiger partial charge is 0.154 e. The number of nitrogens with zero attached hydrogens (tertiary/aromatic N) is 2. The van der Waals surface area contributed by atoms with Gasteiger partial charge in [-0.15, -0.1) is 0 Å². The summed E-state index contributed by atoms with van der Waals surface area (Å²) in [4.78, 5) is 7.89. The normalized spacial score (nSPS) is 10.9. The minimum absolute atomic E-state index is 0.277. The van der Waals surface area contributed by atoms with Gasteiger partial charge in [-0.2, -0.15) is 0 Å². The van der Waals surface area contributed by atoms with Gasteiger partial charge in [-0.1, -0.05) is 11.6 Å². The van der Waals surface area contributed by atoms with Crippen LogP contribution in [0.15, 0.2) is 15.7 Å². The molecule has 0 atom stereocenters. The zero-order valence-electron chi connectivity index (χ0n) is 6.38. The summed E-state index contributed by atoms with van der Waals surface area (Å²) in [5.41, 5.74) is 6.65. The maximum absolute atomic E-state index is 5.69. The topological polar surface area (TPSA) is 51.3 Å². The number of halogens is 2. The molecule has 5 heteroatoms. The molecular weight excluding hydrogens is 241 g/mol. The van der Waals surface area contributed by atoms with Crippen molar-refractivity contribution in [2.75, 3.05) is 5.73 Å². The molecule has 1 heterocycles. The first kappa shape index (κ1) is 9.48. The van der Waals surface area contributed by atoms with E-state index in [0.717, 1.165) is 4.47 Å². The molecule has 1 aromatic rings. The molecular formula is C7H7BrClN3. The summed E-state index contributed by atoms with van der Waals surface area (Å²) in [6.45, 7) is 1.81. The van der Waals surface area contributed by atoms with Crippen molar-refractivity contribution >= 4 is 45.1 Å². The first-order valence-electron chi connectivity index (χ1n) is 3.25. The van der Waals surface area contributed by atoms with E-state index in [0.29, 0.717) is 11.4 Å². The van der Waals surface area contributed by atoms with Crippen LogP contribution in [0.2, 0.25) is 5.15 Å². The van der Waals surface area contributed by atoms with Crippen molar-refractivity contribution in [2.45, 2.75) is 6.92 Å². The second-order valence-corrected chi connectivity index (χ2v) is 3.26. The quantitative estimate of drug-likeness (QED) is 0.614. The van der Waals surface area contributed by atoms with Crippen LogP contribution in [-0.2, 0) is 0 Å². The van der Waals surface area contributed by atoms with Crippen molar-refractivity contribution in [3.8, 4) is 0 Å².